The summed E-state index contributed by atoms with van der Waals surface area (Å²) in [6.07, 6.45) is 2.13. The second kappa shape index (κ2) is 11.2. The fraction of sp³-hybridized carbons (Fsp3) is 0.296. The van der Waals surface area contributed by atoms with E-state index in [4.69, 9.17) is 4.74 Å². The predicted molar refractivity (Wildman–Crippen MR) is 136 cm³/mol. The first-order valence-corrected chi connectivity index (χ1v) is 12.9. The number of aryl methyl sites for hydroxylation is 4. The van der Waals surface area contributed by atoms with Gasteiger partial charge >= 0.3 is 0 Å². The lowest BCUT2D eigenvalue weighted by atomic mass is 10.1. The lowest BCUT2D eigenvalue weighted by Gasteiger charge is -2.14. The molecule has 3 aromatic carbocycles. The van der Waals surface area contributed by atoms with E-state index < -0.39 is 10.0 Å². The number of carbonyl (C=O) groups is 1. The average molecular weight is 481 g/mol. The van der Waals surface area contributed by atoms with Crippen LogP contribution in [0.25, 0.3) is 0 Å². The molecule has 180 valence electrons. The lowest BCUT2D eigenvalue weighted by molar-refractivity contribution is 0.0946. The van der Waals surface area contributed by atoms with E-state index in [1.54, 1.807) is 25.1 Å². The Labute approximate surface area is 202 Å². The third-order valence-electron chi connectivity index (χ3n) is 5.50. The number of sulfonamides is 1. The normalized spacial score (nSPS) is 11.2. The molecular weight excluding hydrogens is 448 g/mol. The van der Waals surface area contributed by atoms with Gasteiger partial charge in [-0.1, -0.05) is 43.7 Å². The van der Waals surface area contributed by atoms with Crippen LogP contribution < -0.4 is 14.8 Å². The molecule has 0 aliphatic rings. The minimum Gasteiger partial charge on any atom is -0.492 e. The van der Waals surface area contributed by atoms with Gasteiger partial charge in [-0.25, -0.2) is 8.42 Å². The van der Waals surface area contributed by atoms with Crippen LogP contribution in [0.1, 0.15) is 46.0 Å². The fourth-order valence-corrected chi connectivity index (χ4v) is 4.95. The molecule has 0 saturated carbocycles. The summed E-state index contributed by atoms with van der Waals surface area (Å²) in [6, 6.07) is 18.2. The van der Waals surface area contributed by atoms with Crippen LogP contribution in [0.4, 0.5) is 5.69 Å². The van der Waals surface area contributed by atoms with Crippen LogP contribution in [0.5, 0.6) is 5.75 Å². The minimum atomic E-state index is -3.86. The van der Waals surface area contributed by atoms with Crippen molar-refractivity contribution in [1.29, 1.82) is 0 Å². The summed E-state index contributed by atoms with van der Waals surface area (Å²) in [4.78, 5) is 12.7. The van der Waals surface area contributed by atoms with Crippen molar-refractivity contribution in [2.45, 2.75) is 45.4 Å². The van der Waals surface area contributed by atoms with E-state index in [0.717, 1.165) is 29.7 Å². The SMILES string of the molecule is CCCc1ccc(OCCNC(=O)c2ccc(C)c(S(=O)(=O)Nc3cc(C)ccc3C)c2)cc1. The minimum absolute atomic E-state index is 0.0736. The molecule has 34 heavy (non-hydrogen) atoms. The van der Waals surface area contributed by atoms with Crippen molar-refractivity contribution < 1.29 is 17.9 Å². The Hall–Kier alpha value is -3.32. The number of benzene rings is 3. The quantitative estimate of drug-likeness (QED) is 0.392. The summed E-state index contributed by atoms with van der Waals surface area (Å²) in [5.41, 5.74) is 4.39. The Balaban J connectivity index is 1.63. The topological polar surface area (TPSA) is 84.5 Å². The van der Waals surface area contributed by atoms with Crippen LogP contribution in [0.2, 0.25) is 0 Å². The standard InChI is InChI=1S/C27H32N2O4S/c1-5-6-22-10-13-24(14-11-22)33-16-15-28-27(30)23-12-9-21(4)26(18-23)34(31,32)29-25-17-19(2)7-8-20(25)3/h7-14,17-18,29H,5-6,15-16H2,1-4H3,(H,28,30). The maximum absolute atomic E-state index is 13.1. The second-order valence-corrected chi connectivity index (χ2v) is 10.1. The zero-order valence-corrected chi connectivity index (χ0v) is 21.0. The molecule has 3 rings (SSSR count). The Morgan fingerprint density at radius 2 is 1.62 bits per heavy atom. The van der Waals surface area contributed by atoms with E-state index in [-0.39, 0.29) is 16.4 Å². The van der Waals surface area contributed by atoms with Gasteiger partial charge in [0.15, 0.2) is 0 Å². The first-order valence-electron chi connectivity index (χ1n) is 11.4. The first kappa shape index (κ1) is 25.3. The summed E-state index contributed by atoms with van der Waals surface area (Å²) in [5.74, 6) is 0.389. The number of nitrogens with one attached hydrogen (secondary N) is 2. The molecule has 1 amide bonds. The molecule has 0 atom stereocenters. The molecule has 2 N–H and O–H groups in total. The Morgan fingerprint density at radius 1 is 0.912 bits per heavy atom. The van der Waals surface area contributed by atoms with E-state index in [9.17, 15) is 13.2 Å². The van der Waals surface area contributed by atoms with Gasteiger partial charge < -0.3 is 10.1 Å². The van der Waals surface area contributed by atoms with E-state index >= 15 is 0 Å². The third-order valence-corrected chi connectivity index (χ3v) is 7.00. The van der Waals surface area contributed by atoms with Crippen LogP contribution in [-0.2, 0) is 16.4 Å². The molecule has 0 saturated heterocycles. The Bertz CT molecular complexity index is 1250. The second-order valence-electron chi connectivity index (χ2n) is 8.40. The van der Waals surface area contributed by atoms with Crippen LogP contribution in [0.15, 0.2) is 65.6 Å². The van der Waals surface area contributed by atoms with Gasteiger partial charge in [-0.3, -0.25) is 9.52 Å². The number of ether oxygens (including phenoxy) is 1. The van der Waals surface area contributed by atoms with Crippen LogP contribution in [0.3, 0.4) is 0 Å². The van der Waals surface area contributed by atoms with Crippen LogP contribution in [-0.4, -0.2) is 27.5 Å². The monoisotopic (exact) mass is 480 g/mol. The molecule has 0 spiro atoms. The molecule has 0 heterocycles. The lowest BCUT2D eigenvalue weighted by Crippen LogP contribution is -2.28. The maximum atomic E-state index is 13.1. The zero-order chi connectivity index (χ0) is 24.7. The van der Waals surface area contributed by atoms with Crippen molar-refractivity contribution >= 4 is 21.6 Å². The first-order chi connectivity index (χ1) is 16.2. The summed E-state index contributed by atoms with van der Waals surface area (Å²) in [7, 11) is -3.86. The Kier molecular flexibility index (Phi) is 8.34. The largest absolute Gasteiger partial charge is 0.492 e. The van der Waals surface area contributed by atoms with Gasteiger partial charge in [-0.2, -0.15) is 0 Å². The molecule has 0 radical (unpaired) electrons. The number of carbonyl (C=O) groups excluding carboxylic acids is 1. The van der Waals surface area contributed by atoms with E-state index in [2.05, 4.69) is 17.0 Å². The van der Waals surface area contributed by atoms with Gasteiger partial charge in [-0.15, -0.1) is 0 Å². The van der Waals surface area contributed by atoms with Crippen molar-refractivity contribution in [3.63, 3.8) is 0 Å². The van der Waals surface area contributed by atoms with E-state index in [0.29, 0.717) is 24.4 Å². The van der Waals surface area contributed by atoms with Gasteiger partial charge in [0.25, 0.3) is 15.9 Å². The predicted octanol–water partition coefficient (Wildman–Crippen LogP) is 5.17. The van der Waals surface area contributed by atoms with Crippen molar-refractivity contribution in [1.82, 2.24) is 5.32 Å². The molecule has 0 aliphatic heterocycles. The molecule has 6 nitrogen and oxygen atoms in total. The zero-order valence-electron chi connectivity index (χ0n) is 20.1. The number of hydrogen-bond donors (Lipinski definition) is 2. The highest BCUT2D eigenvalue weighted by molar-refractivity contribution is 7.92. The average Bonchev–Trinajstić information content (AvgIpc) is 2.80. The third kappa shape index (κ3) is 6.60. The molecule has 0 aromatic heterocycles. The van der Waals surface area contributed by atoms with Gasteiger partial charge in [0.1, 0.15) is 12.4 Å². The van der Waals surface area contributed by atoms with Gasteiger partial charge in [-0.05, 0) is 79.8 Å². The highest BCUT2D eigenvalue weighted by Gasteiger charge is 2.20. The molecule has 0 bridgehead atoms. The molecule has 3 aromatic rings. The van der Waals surface area contributed by atoms with Crippen LogP contribution in [0, 0.1) is 20.8 Å². The molecule has 0 unspecified atom stereocenters. The summed E-state index contributed by atoms with van der Waals surface area (Å²) in [5, 5.41) is 2.79. The van der Waals surface area contributed by atoms with Gasteiger partial charge in [0.05, 0.1) is 17.1 Å². The molecular formula is C27H32N2O4S. The number of anilines is 1. The smallest absolute Gasteiger partial charge is 0.262 e. The van der Waals surface area contributed by atoms with E-state index in [1.165, 1.54) is 11.6 Å². The summed E-state index contributed by atoms with van der Waals surface area (Å²) in [6.45, 7) is 8.20. The molecule has 0 aliphatic carbocycles. The van der Waals surface area contributed by atoms with Crippen molar-refractivity contribution in [2.75, 3.05) is 17.9 Å². The molecule has 0 fully saturated rings. The van der Waals surface area contributed by atoms with Crippen LogP contribution >= 0.6 is 0 Å². The van der Waals surface area contributed by atoms with E-state index in [1.807, 2.05) is 50.2 Å². The highest BCUT2D eigenvalue weighted by Crippen LogP contribution is 2.24. The van der Waals surface area contributed by atoms with Crippen molar-refractivity contribution in [2.24, 2.45) is 0 Å². The number of amides is 1. The van der Waals surface area contributed by atoms with Gasteiger partial charge in [0.2, 0.25) is 0 Å². The maximum Gasteiger partial charge on any atom is 0.262 e. The Morgan fingerprint density at radius 3 is 2.32 bits per heavy atom. The molecule has 7 heteroatoms. The number of hydrogen-bond acceptors (Lipinski definition) is 4. The number of rotatable bonds is 10. The van der Waals surface area contributed by atoms with Crippen molar-refractivity contribution in [3.05, 3.63) is 88.5 Å². The summed E-state index contributed by atoms with van der Waals surface area (Å²) >= 11 is 0. The highest BCUT2D eigenvalue weighted by atomic mass is 32.2. The fourth-order valence-electron chi connectivity index (χ4n) is 3.55. The van der Waals surface area contributed by atoms with Gasteiger partial charge in [0, 0.05) is 5.56 Å². The van der Waals surface area contributed by atoms with Crippen molar-refractivity contribution in [3.8, 4) is 5.75 Å². The summed E-state index contributed by atoms with van der Waals surface area (Å²) < 4.78 is 34.5.